The van der Waals surface area contributed by atoms with Gasteiger partial charge in [0, 0.05) is 6.61 Å². The Hall–Kier alpha value is -1.69. The van der Waals surface area contributed by atoms with Gasteiger partial charge in [-0.05, 0) is 35.4 Å². The van der Waals surface area contributed by atoms with Gasteiger partial charge in [-0.25, -0.2) is 0 Å². The van der Waals surface area contributed by atoms with Gasteiger partial charge in [0.1, 0.15) is 11.9 Å². The minimum Gasteiger partial charge on any atom is -0.376 e. The lowest BCUT2D eigenvalue weighted by molar-refractivity contribution is -0.388. The summed E-state index contributed by atoms with van der Waals surface area (Å²) in [7, 11) is 0. The number of aromatic nitrogens is 1. The van der Waals surface area contributed by atoms with E-state index in [4.69, 9.17) is 4.74 Å². The van der Waals surface area contributed by atoms with Crippen LogP contribution in [-0.4, -0.2) is 28.7 Å². The zero-order chi connectivity index (χ0) is 11.5. The highest BCUT2D eigenvalue weighted by atomic mass is 16.6. The van der Waals surface area contributed by atoms with E-state index >= 15 is 0 Å². The van der Waals surface area contributed by atoms with Gasteiger partial charge >= 0.3 is 5.82 Å². The lowest BCUT2D eigenvalue weighted by Gasteiger charge is -2.16. The first-order valence-electron chi connectivity index (χ1n) is 5.16. The Morgan fingerprint density at radius 2 is 2.50 bits per heavy atom. The van der Waals surface area contributed by atoms with Crippen LogP contribution in [-0.2, 0) is 4.74 Å². The van der Waals surface area contributed by atoms with Crippen molar-refractivity contribution in [1.82, 2.24) is 4.98 Å². The molecular weight excluding hydrogens is 210 g/mol. The van der Waals surface area contributed by atoms with Gasteiger partial charge in [0.05, 0.1) is 12.1 Å². The van der Waals surface area contributed by atoms with Gasteiger partial charge in [-0.15, -0.1) is 0 Å². The molecule has 0 aromatic carbocycles. The standard InChI is InChI=1S/C10H13N3O3/c1-7-8(4-6-16-7)12-9-3-2-5-11-10(9)13(14)15/h2-3,5,7-8,12H,4,6H2,1H3. The third kappa shape index (κ3) is 2.11. The fourth-order valence-electron chi connectivity index (χ4n) is 1.78. The first-order chi connectivity index (χ1) is 7.68. The van der Waals surface area contributed by atoms with Crippen LogP contribution in [0.5, 0.6) is 0 Å². The summed E-state index contributed by atoms with van der Waals surface area (Å²) < 4.78 is 5.39. The maximum absolute atomic E-state index is 10.7. The highest BCUT2D eigenvalue weighted by Crippen LogP contribution is 2.24. The van der Waals surface area contributed by atoms with E-state index in [1.54, 1.807) is 12.1 Å². The number of hydrogen-bond donors (Lipinski definition) is 1. The molecule has 86 valence electrons. The fraction of sp³-hybridized carbons (Fsp3) is 0.500. The molecule has 1 saturated heterocycles. The van der Waals surface area contributed by atoms with Gasteiger partial charge in [-0.1, -0.05) is 0 Å². The van der Waals surface area contributed by atoms with E-state index in [1.165, 1.54) is 6.20 Å². The van der Waals surface area contributed by atoms with Crippen molar-refractivity contribution in [1.29, 1.82) is 0 Å². The second-order valence-electron chi connectivity index (χ2n) is 3.75. The van der Waals surface area contributed by atoms with Crippen LogP contribution >= 0.6 is 0 Å². The minimum absolute atomic E-state index is 0.0693. The Labute approximate surface area is 92.8 Å². The summed E-state index contributed by atoms with van der Waals surface area (Å²) in [6, 6.07) is 3.45. The molecule has 6 nitrogen and oxygen atoms in total. The Kier molecular flexibility index (Phi) is 3.00. The number of anilines is 1. The molecule has 1 aromatic rings. The van der Waals surface area contributed by atoms with Crippen molar-refractivity contribution < 1.29 is 9.66 Å². The predicted molar refractivity (Wildman–Crippen MR) is 58.3 cm³/mol. The summed E-state index contributed by atoms with van der Waals surface area (Å²) in [4.78, 5) is 14.0. The van der Waals surface area contributed by atoms with Crippen LogP contribution in [0.4, 0.5) is 11.5 Å². The molecule has 2 heterocycles. The SMILES string of the molecule is CC1OCCC1Nc1cccnc1[N+](=O)[O-]. The van der Waals surface area contributed by atoms with E-state index < -0.39 is 4.92 Å². The molecule has 2 atom stereocenters. The van der Waals surface area contributed by atoms with Gasteiger partial charge in [-0.2, -0.15) is 0 Å². The van der Waals surface area contributed by atoms with Crippen molar-refractivity contribution in [3.63, 3.8) is 0 Å². The molecule has 1 fully saturated rings. The second-order valence-corrected chi connectivity index (χ2v) is 3.75. The highest BCUT2D eigenvalue weighted by Gasteiger charge is 2.26. The molecule has 6 heteroatoms. The monoisotopic (exact) mass is 223 g/mol. The van der Waals surface area contributed by atoms with Crippen molar-refractivity contribution in [3.8, 4) is 0 Å². The predicted octanol–water partition coefficient (Wildman–Crippen LogP) is 1.58. The number of nitrogens with one attached hydrogen (secondary N) is 1. The van der Waals surface area contributed by atoms with E-state index in [2.05, 4.69) is 10.3 Å². The zero-order valence-corrected chi connectivity index (χ0v) is 8.92. The molecule has 0 bridgehead atoms. The zero-order valence-electron chi connectivity index (χ0n) is 8.92. The molecule has 0 radical (unpaired) electrons. The van der Waals surface area contributed by atoms with E-state index in [9.17, 15) is 10.1 Å². The summed E-state index contributed by atoms with van der Waals surface area (Å²) >= 11 is 0. The van der Waals surface area contributed by atoms with Crippen LogP contribution in [0, 0.1) is 10.1 Å². The van der Waals surface area contributed by atoms with Crippen LogP contribution in [0.3, 0.4) is 0 Å². The summed E-state index contributed by atoms with van der Waals surface area (Å²) in [6.45, 7) is 2.64. The number of pyridine rings is 1. The van der Waals surface area contributed by atoms with Gasteiger partial charge in [0.25, 0.3) is 0 Å². The third-order valence-corrected chi connectivity index (χ3v) is 2.68. The minimum atomic E-state index is -0.483. The molecule has 2 rings (SSSR count). The van der Waals surface area contributed by atoms with Gasteiger partial charge < -0.3 is 20.2 Å². The highest BCUT2D eigenvalue weighted by molar-refractivity contribution is 5.57. The van der Waals surface area contributed by atoms with Gasteiger partial charge in [0.2, 0.25) is 0 Å². The lowest BCUT2D eigenvalue weighted by Crippen LogP contribution is -2.27. The summed E-state index contributed by atoms with van der Waals surface area (Å²) in [6.07, 6.45) is 2.34. The van der Waals surface area contributed by atoms with Crippen LogP contribution < -0.4 is 5.32 Å². The molecule has 1 aliphatic rings. The van der Waals surface area contributed by atoms with Crippen molar-refractivity contribution in [2.24, 2.45) is 0 Å². The normalized spacial score (nSPS) is 24.3. The van der Waals surface area contributed by atoms with Crippen molar-refractivity contribution >= 4 is 11.5 Å². The molecule has 0 spiro atoms. The third-order valence-electron chi connectivity index (χ3n) is 2.68. The summed E-state index contributed by atoms with van der Waals surface area (Å²) in [5, 5.41) is 13.9. The van der Waals surface area contributed by atoms with Gasteiger partial charge in [0.15, 0.2) is 0 Å². The Balaban J connectivity index is 2.17. The maximum Gasteiger partial charge on any atom is 0.386 e. The summed E-state index contributed by atoms with van der Waals surface area (Å²) in [5.41, 5.74) is 0.454. The lowest BCUT2D eigenvalue weighted by atomic mass is 10.1. The maximum atomic E-state index is 10.7. The largest absolute Gasteiger partial charge is 0.386 e. The average Bonchev–Trinajstić information content (AvgIpc) is 2.65. The van der Waals surface area contributed by atoms with Crippen molar-refractivity contribution in [2.75, 3.05) is 11.9 Å². The van der Waals surface area contributed by atoms with Crippen LogP contribution in [0.15, 0.2) is 18.3 Å². The smallest absolute Gasteiger partial charge is 0.376 e. The Bertz CT molecular complexity index is 397. The van der Waals surface area contributed by atoms with Crippen LogP contribution in [0.25, 0.3) is 0 Å². The van der Waals surface area contributed by atoms with E-state index in [0.29, 0.717) is 12.3 Å². The molecular formula is C10H13N3O3. The van der Waals surface area contributed by atoms with E-state index in [1.807, 2.05) is 6.92 Å². The van der Waals surface area contributed by atoms with Crippen molar-refractivity contribution in [3.05, 3.63) is 28.4 Å². The fourth-order valence-corrected chi connectivity index (χ4v) is 1.78. The average molecular weight is 223 g/mol. The van der Waals surface area contributed by atoms with E-state index in [0.717, 1.165) is 6.42 Å². The Morgan fingerprint density at radius 1 is 1.69 bits per heavy atom. The number of nitrogens with zero attached hydrogens (tertiary/aromatic N) is 2. The van der Waals surface area contributed by atoms with E-state index in [-0.39, 0.29) is 18.0 Å². The topological polar surface area (TPSA) is 77.3 Å². The molecule has 1 N–H and O–H groups in total. The first-order valence-corrected chi connectivity index (χ1v) is 5.16. The number of rotatable bonds is 3. The molecule has 0 amide bonds. The van der Waals surface area contributed by atoms with Crippen molar-refractivity contribution in [2.45, 2.75) is 25.5 Å². The first kappa shape index (κ1) is 10.8. The Morgan fingerprint density at radius 3 is 3.12 bits per heavy atom. The number of nitro groups is 1. The van der Waals surface area contributed by atoms with Crippen LogP contribution in [0.2, 0.25) is 0 Å². The number of ether oxygens (including phenoxy) is 1. The molecule has 1 aromatic heterocycles. The molecule has 0 saturated carbocycles. The van der Waals surface area contributed by atoms with Crippen LogP contribution in [0.1, 0.15) is 13.3 Å². The number of hydrogen-bond acceptors (Lipinski definition) is 5. The molecule has 1 aliphatic heterocycles. The quantitative estimate of drug-likeness (QED) is 0.621. The molecule has 2 unspecified atom stereocenters. The molecule has 0 aliphatic carbocycles. The molecule has 16 heavy (non-hydrogen) atoms. The summed E-state index contributed by atoms with van der Waals surface area (Å²) in [5.74, 6) is -0.137. The van der Waals surface area contributed by atoms with Gasteiger partial charge in [-0.3, -0.25) is 0 Å². The second kappa shape index (κ2) is 4.44.